The molecule has 0 amide bonds. The Labute approximate surface area is 133 Å². The van der Waals surface area contributed by atoms with Crippen molar-refractivity contribution in [3.05, 3.63) is 21.9 Å². The van der Waals surface area contributed by atoms with E-state index in [0.29, 0.717) is 0 Å². The molecule has 1 atom stereocenters. The summed E-state index contributed by atoms with van der Waals surface area (Å²) >= 11 is 1.41. The molecule has 0 bridgehead atoms. The van der Waals surface area contributed by atoms with Gasteiger partial charge in [0.15, 0.2) is 6.10 Å². The van der Waals surface area contributed by atoms with E-state index >= 15 is 0 Å². The fraction of sp³-hybridized carbons (Fsp3) is 0.294. The van der Waals surface area contributed by atoms with Crippen LogP contribution in [0.3, 0.4) is 0 Å². The Hall–Kier alpha value is -2.68. The van der Waals surface area contributed by atoms with Crippen molar-refractivity contribution in [1.82, 2.24) is 0 Å². The molecule has 1 heterocycles. The molecule has 0 radical (unpaired) electrons. The molecule has 22 heavy (non-hydrogen) atoms. The minimum Gasteiger partial charge on any atom is -0.461 e. The van der Waals surface area contributed by atoms with Crippen molar-refractivity contribution >= 4 is 23.3 Å². The number of esters is 2. The molecule has 1 aromatic heterocycles. The van der Waals surface area contributed by atoms with Crippen LogP contribution >= 0.6 is 11.3 Å². The second kappa shape index (κ2) is 9.29. The Kier molecular flexibility index (Phi) is 7.34. The minimum absolute atomic E-state index is 0.0912. The maximum absolute atomic E-state index is 11.0. The summed E-state index contributed by atoms with van der Waals surface area (Å²) in [7, 11) is 0. The zero-order valence-electron chi connectivity index (χ0n) is 12.5. The highest BCUT2D eigenvalue weighted by molar-refractivity contribution is 7.13. The fourth-order valence-electron chi connectivity index (χ4n) is 1.28. The van der Waals surface area contributed by atoms with Crippen LogP contribution in [-0.4, -0.2) is 24.6 Å². The van der Waals surface area contributed by atoms with Crippen LogP contribution in [0.4, 0.5) is 0 Å². The molecule has 4 nitrogen and oxygen atoms in total. The van der Waals surface area contributed by atoms with Crippen molar-refractivity contribution in [2.45, 2.75) is 26.9 Å². The molecule has 0 spiro atoms. The largest absolute Gasteiger partial charge is 0.461 e. The van der Waals surface area contributed by atoms with Crippen LogP contribution in [0.2, 0.25) is 0 Å². The van der Waals surface area contributed by atoms with Gasteiger partial charge in [0.05, 0.1) is 9.75 Å². The van der Waals surface area contributed by atoms with Gasteiger partial charge in [0.1, 0.15) is 6.61 Å². The summed E-state index contributed by atoms with van der Waals surface area (Å²) in [6.45, 7) is 4.18. The first-order chi connectivity index (χ1) is 10.5. The summed E-state index contributed by atoms with van der Waals surface area (Å²) in [6, 6.07) is 3.66. The van der Waals surface area contributed by atoms with E-state index in [4.69, 9.17) is 9.47 Å². The van der Waals surface area contributed by atoms with Crippen molar-refractivity contribution < 1.29 is 19.1 Å². The minimum atomic E-state index is -0.788. The van der Waals surface area contributed by atoms with Gasteiger partial charge in [-0.05, 0) is 42.7 Å². The second-order valence-electron chi connectivity index (χ2n) is 3.96. The smallest absolute Gasteiger partial charge is 0.303 e. The van der Waals surface area contributed by atoms with Gasteiger partial charge in [0, 0.05) is 13.8 Å². The molecule has 0 N–H and O–H groups in total. The highest BCUT2D eigenvalue weighted by Crippen LogP contribution is 2.14. The first kappa shape index (κ1) is 17.4. The highest BCUT2D eigenvalue weighted by atomic mass is 32.1. The summed E-state index contributed by atoms with van der Waals surface area (Å²) in [6.07, 6.45) is -0.788. The molecule has 1 aromatic rings. The Morgan fingerprint density at radius 2 is 1.82 bits per heavy atom. The molecule has 0 aliphatic rings. The van der Waals surface area contributed by atoms with Gasteiger partial charge in [-0.3, -0.25) is 9.59 Å². The molecule has 0 saturated carbocycles. The van der Waals surface area contributed by atoms with Crippen molar-refractivity contribution in [2.75, 3.05) is 6.61 Å². The summed E-state index contributed by atoms with van der Waals surface area (Å²) in [5, 5.41) is 0. The van der Waals surface area contributed by atoms with Crippen LogP contribution in [0, 0.1) is 35.5 Å². The van der Waals surface area contributed by atoms with Gasteiger partial charge in [0.2, 0.25) is 0 Å². The Morgan fingerprint density at radius 3 is 2.41 bits per heavy atom. The van der Waals surface area contributed by atoms with E-state index in [0.717, 1.165) is 9.75 Å². The van der Waals surface area contributed by atoms with Gasteiger partial charge in [0.25, 0.3) is 0 Å². The number of carbonyl (C=O) groups excluding carboxylic acids is 2. The van der Waals surface area contributed by atoms with E-state index in [1.54, 1.807) is 6.92 Å². The van der Waals surface area contributed by atoms with Gasteiger partial charge in [-0.25, -0.2) is 0 Å². The molecule has 0 fully saturated rings. The third-order valence-electron chi connectivity index (χ3n) is 2.08. The van der Waals surface area contributed by atoms with Crippen molar-refractivity contribution in [1.29, 1.82) is 0 Å². The lowest BCUT2D eigenvalue weighted by Crippen LogP contribution is -2.22. The lowest BCUT2D eigenvalue weighted by atomic mass is 10.3. The van der Waals surface area contributed by atoms with E-state index < -0.39 is 18.0 Å². The SMILES string of the molecule is CC#CC#Cc1ccc(C#C[C@H](COC(C)=O)OC(C)=O)s1. The fourth-order valence-corrected chi connectivity index (χ4v) is 2.00. The van der Waals surface area contributed by atoms with E-state index in [-0.39, 0.29) is 6.61 Å². The molecule has 1 rings (SSSR count). The zero-order valence-corrected chi connectivity index (χ0v) is 13.3. The van der Waals surface area contributed by atoms with Crippen molar-refractivity contribution in [3.63, 3.8) is 0 Å². The monoisotopic (exact) mass is 314 g/mol. The molecule has 0 aliphatic carbocycles. The van der Waals surface area contributed by atoms with Gasteiger partial charge in [-0.2, -0.15) is 0 Å². The van der Waals surface area contributed by atoms with E-state index in [1.165, 1.54) is 25.2 Å². The van der Waals surface area contributed by atoms with Crippen LogP contribution < -0.4 is 0 Å². The predicted molar refractivity (Wildman–Crippen MR) is 83.7 cm³/mol. The first-order valence-electron chi connectivity index (χ1n) is 6.36. The summed E-state index contributed by atoms with van der Waals surface area (Å²) < 4.78 is 9.79. The molecular weight excluding hydrogens is 300 g/mol. The third kappa shape index (κ3) is 7.20. The number of hydrogen-bond donors (Lipinski definition) is 0. The van der Waals surface area contributed by atoms with Crippen LogP contribution in [0.25, 0.3) is 0 Å². The first-order valence-corrected chi connectivity index (χ1v) is 7.17. The maximum Gasteiger partial charge on any atom is 0.303 e. The van der Waals surface area contributed by atoms with Crippen molar-refractivity contribution in [3.8, 4) is 35.5 Å². The predicted octanol–water partition coefficient (Wildman–Crippen LogP) is 1.97. The average Bonchev–Trinajstić information content (AvgIpc) is 2.89. The van der Waals surface area contributed by atoms with E-state index in [2.05, 4.69) is 35.5 Å². The third-order valence-corrected chi connectivity index (χ3v) is 3.00. The normalized spacial score (nSPS) is 9.77. The Balaban J connectivity index is 2.78. The Bertz CT molecular complexity index is 726. The molecule has 112 valence electrons. The van der Waals surface area contributed by atoms with Gasteiger partial charge in [-0.15, -0.1) is 11.3 Å². The lowest BCUT2D eigenvalue weighted by molar-refractivity contribution is -0.152. The molecule has 0 unspecified atom stereocenters. The van der Waals surface area contributed by atoms with Gasteiger partial charge in [-0.1, -0.05) is 11.8 Å². The quantitative estimate of drug-likeness (QED) is 0.632. The molecule has 0 aromatic carbocycles. The topological polar surface area (TPSA) is 52.6 Å². The Morgan fingerprint density at radius 1 is 1.14 bits per heavy atom. The standard InChI is InChI=1S/C17H14O4S/c1-4-5-6-7-16-10-11-17(22-16)9-8-15(21-14(3)19)12-20-13(2)18/h10-11,15H,12H2,1-3H3/t15-/m1/s1. The summed E-state index contributed by atoms with van der Waals surface area (Å²) in [4.78, 5) is 23.4. The maximum atomic E-state index is 11.0. The van der Waals surface area contributed by atoms with E-state index in [9.17, 15) is 9.59 Å². The van der Waals surface area contributed by atoms with Crippen LogP contribution in [0.15, 0.2) is 12.1 Å². The second-order valence-corrected chi connectivity index (χ2v) is 5.04. The molecule has 5 heteroatoms. The number of thiophene rings is 1. The number of carbonyl (C=O) groups is 2. The van der Waals surface area contributed by atoms with Crippen LogP contribution in [-0.2, 0) is 19.1 Å². The highest BCUT2D eigenvalue weighted by Gasteiger charge is 2.10. The zero-order chi connectivity index (χ0) is 16.4. The van der Waals surface area contributed by atoms with Crippen LogP contribution in [0.1, 0.15) is 30.5 Å². The van der Waals surface area contributed by atoms with Crippen molar-refractivity contribution in [2.24, 2.45) is 0 Å². The molecule has 0 saturated heterocycles. The lowest BCUT2D eigenvalue weighted by Gasteiger charge is -2.10. The van der Waals surface area contributed by atoms with Crippen LogP contribution in [0.5, 0.6) is 0 Å². The number of rotatable bonds is 3. The summed E-state index contributed by atoms with van der Waals surface area (Å²) in [5.74, 6) is 15.7. The number of hydrogen-bond acceptors (Lipinski definition) is 5. The molecular formula is C17H14O4S. The van der Waals surface area contributed by atoms with Gasteiger partial charge >= 0.3 is 11.9 Å². The molecule has 0 aliphatic heterocycles. The summed E-state index contributed by atoms with van der Waals surface area (Å²) in [5.41, 5.74) is 0. The number of ether oxygens (including phenoxy) is 2. The van der Waals surface area contributed by atoms with E-state index in [1.807, 2.05) is 12.1 Å². The van der Waals surface area contributed by atoms with Gasteiger partial charge < -0.3 is 9.47 Å². The average molecular weight is 314 g/mol.